The Morgan fingerprint density at radius 1 is 1.50 bits per heavy atom. The zero-order valence-electron chi connectivity index (χ0n) is 8.63. The molecule has 16 heavy (non-hydrogen) atoms. The summed E-state index contributed by atoms with van der Waals surface area (Å²) in [6, 6.07) is 6.78. The molecule has 0 aliphatic carbocycles. The lowest BCUT2D eigenvalue weighted by molar-refractivity contribution is -0.119. The van der Waals surface area contributed by atoms with Crippen molar-refractivity contribution in [2.24, 2.45) is 5.92 Å². The zero-order chi connectivity index (χ0) is 12.1. The summed E-state index contributed by atoms with van der Waals surface area (Å²) in [5.74, 6) is -0.556. The van der Waals surface area contributed by atoms with Gasteiger partial charge in [0.05, 0.1) is 16.1 Å². The fourth-order valence-corrected chi connectivity index (χ4v) is 1.37. The first-order valence-corrected chi connectivity index (χ1v) is 5.43. The Bertz CT molecular complexity index is 440. The fourth-order valence-electron chi connectivity index (χ4n) is 1.07. The summed E-state index contributed by atoms with van der Waals surface area (Å²) < 4.78 is 0. The summed E-state index contributed by atoms with van der Waals surface area (Å²) in [5.41, 5.74) is 0.573. The van der Waals surface area contributed by atoms with E-state index in [-0.39, 0.29) is 18.2 Å². The molecule has 1 N–H and O–H groups in total. The van der Waals surface area contributed by atoms with Crippen molar-refractivity contribution >= 4 is 34.8 Å². The number of benzene rings is 1. The van der Waals surface area contributed by atoms with E-state index in [4.69, 9.17) is 28.5 Å². The molecule has 0 saturated heterocycles. The van der Waals surface area contributed by atoms with Gasteiger partial charge in [0.2, 0.25) is 5.91 Å². The largest absolute Gasteiger partial charge is 0.326 e. The highest BCUT2D eigenvalue weighted by Crippen LogP contribution is 2.25. The van der Waals surface area contributed by atoms with Crippen molar-refractivity contribution in [1.29, 1.82) is 5.26 Å². The van der Waals surface area contributed by atoms with Crippen LogP contribution in [0.5, 0.6) is 0 Å². The van der Waals surface area contributed by atoms with Crippen molar-refractivity contribution in [2.45, 2.75) is 13.3 Å². The van der Waals surface area contributed by atoms with E-state index in [1.54, 1.807) is 25.1 Å². The molecule has 0 saturated carbocycles. The molecule has 0 bridgehead atoms. The second-order valence-corrected chi connectivity index (χ2v) is 4.20. The van der Waals surface area contributed by atoms with Crippen LogP contribution in [0.2, 0.25) is 10.0 Å². The van der Waals surface area contributed by atoms with E-state index in [1.165, 1.54) is 0 Å². The van der Waals surface area contributed by atoms with Gasteiger partial charge in [-0.1, -0.05) is 30.1 Å². The van der Waals surface area contributed by atoms with Crippen LogP contribution in [0.4, 0.5) is 5.69 Å². The number of hydrogen-bond donors (Lipinski definition) is 1. The number of nitrogens with zero attached hydrogens (tertiary/aromatic N) is 1. The quantitative estimate of drug-likeness (QED) is 0.901. The molecule has 1 rings (SSSR count). The van der Waals surface area contributed by atoms with E-state index in [9.17, 15) is 4.79 Å². The predicted octanol–water partition coefficient (Wildman–Crippen LogP) is 3.48. The van der Waals surface area contributed by atoms with Gasteiger partial charge in [0.25, 0.3) is 0 Å². The standard InChI is InChI=1S/C11H10Cl2N2O/c1-7(4-5-14)11(16)15-8-2-3-9(12)10(13)6-8/h2-3,6-7H,4H2,1H3,(H,15,16). The number of carbonyl (C=O) groups excluding carboxylic acids is 1. The minimum Gasteiger partial charge on any atom is -0.326 e. The van der Waals surface area contributed by atoms with Crippen molar-refractivity contribution in [3.8, 4) is 6.07 Å². The van der Waals surface area contributed by atoms with Gasteiger partial charge in [-0.2, -0.15) is 5.26 Å². The third kappa shape index (κ3) is 3.41. The maximum Gasteiger partial charge on any atom is 0.228 e. The van der Waals surface area contributed by atoms with Crippen molar-refractivity contribution in [3.05, 3.63) is 28.2 Å². The summed E-state index contributed by atoms with van der Waals surface area (Å²) in [6.45, 7) is 1.69. The van der Waals surface area contributed by atoms with E-state index >= 15 is 0 Å². The molecule has 0 aliphatic heterocycles. The van der Waals surface area contributed by atoms with E-state index in [0.29, 0.717) is 15.7 Å². The van der Waals surface area contributed by atoms with Crippen LogP contribution in [-0.2, 0) is 4.79 Å². The van der Waals surface area contributed by atoms with Crippen LogP contribution < -0.4 is 5.32 Å². The Morgan fingerprint density at radius 2 is 2.19 bits per heavy atom. The molecule has 0 aliphatic rings. The van der Waals surface area contributed by atoms with Gasteiger partial charge in [0.1, 0.15) is 0 Å². The monoisotopic (exact) mass is 256 g/mol. The first-order chi connectivity index (χ1) is 7.54. The summed E-state index contributed by atoms with van der Waals surface area (Å²) in [4.78, 5) is 11.6. The van der Waals surface area contributed by atoms with Gasteiger partial charge in [-0.15, -0.1) is 0 Å². The second-order valence-electron chi connectivity index (χ2n) is 3.38. The number of rotatable bonds is 3. The normalized spacial score (nSPS) is 11.6. The molecule has 1 amide bonds. The molecule has 0 aromatic heterocycles. The van der Waals surface area contributed by atoms with E-state index in [2.05, 4.69) is 5.32 Å². The van der Waals surface area contributed by atoms with Crippen LogP contribution in [-0.4, -0.2) is 5.91 Å². The minimum atomic E-state index is -0.348. The molecule has 1 atom stereocenters. The Balaban J connectivity index is 2.70. The maximum absolute atomic E-state index is 11.6. The van der Waals surface area contributed by atoms with Gasteiger partial charge in [-0.25, -0.2) is 0 Å². The molecular weight excluding hydrogens is 247 g/mol. The maximum atomic E-state index is 11.6. The SMILES string of the molecule is CC(CC#N)C(=O)Nc1ccc(Cl)c(Cl)c1. The topological polar surface area (TPSA) is 52.9 Å². The number of hydrogen-bond acceptors (Lipinski definition) is 2. The van der Waals surface area contributed by atoms with Gasteiger partial charge in [0, 0.05) is 18.0 Å². The molecule has 0 radical (unpaired) electrons. The molecule has 0 spiro atoms. The number of carbonyl (C=O) groups is 1. The number of amides is 1. The van der Waals surface area contributed by atoms with Crippen molar-refractivity contribution < 1.29 is 4.79 Å². The first-order valence-electron chi connectivity index (χ1n) is 4.67. The molecular formula is C11H10Cl2N2O. The number of anilines is 1. The van der Waals surface area contributed by atoms with Crippen molar-refractivity contribution in [1.82, 2.24) is 0 Å². The summed E-state index contributed by atoms with van der Waals surface area (Å²) in [6.07, 6.45) is 0.188. The molecule has 1 unspecified atom stereocenters. The Hall–Kier alpha value is -1.24. The Labute approximate surface area is 104 Å². The molecule has 0 fully saturated rings. The fraction of sp³-hybridized carbons (Fsp3) is 0.273. The summed E-state index contributed by atoms with van der Waals surface area (Å²) in [7, 11) is 0. The minimum absolute atomic E-state index is 0.188. The third-order valence-corrected chi connectivity index (χ3v) is 2.77. The van der Waals surface area contributed by atoms with Crippen molar-refractivity contribution in [2.75, 3.05) is 5.32 Å². The van der Waals surface area contributed by atoms with Crippen molar-refractivity contribution in [3.63, 3.8) is 0 Å². The third-order valence-electron chi connectivity index (χ3n) is 2.03. The Kier molecular flexibility index (Phi) is 4.60. The van der Waals surface area contributed by atoms with Gasteiger partial charge in [-0.05, 0) is 18.2 Å². The van der Waals surface area contributed by atoms with E-state index < -0.39 is 0 Å². The summed E-state index contributed by atoms with van der Waals surface area (Å²) >= 11 is 11.5. The smallest absolute Gasteiger partial charge is 0.228 e. The van der Waals surface area contributed by atoms with Crippen LogP contribution in [0.3, 0.4) is 0 Å². The lowest BCUT2D eigenvalue weighted by atomic mass is 10.1. The Morgan fingerprint density at radius 3 is 2.75 bits per heavy atom. The molecule has 5 heteroatoms. The van der Waals surface area contributed by atoms with Gasteiger partial charge in [0.15, 0.2) is 0 Å². The highest BCUT2D eigenvalue weighted by Gasteiger charge is 2.12. The van der Waals surface area contributed by atoms with E-state index in [0.717, 1.165) is 0 Å². The van der Waals surface area contributed by atoms with Crippen LogP contribution in [0, 0.1) is 17.2 Å². The summed E-state index contributed by atoms with van der Waals surface area (Å²) in [5, 5.41) is 11.9. The molecule has 3 nitrogen and oxygen atoms in total. The first kappa shape index (κ1) is 12.8. The number of nitrogens with one attached hydrogen (secondary N) is 1. The highest BCUT2D eigenvalue weighted by atomic mass is 35.5. The average molecular weight is 257 g/mol. The molecule has 1 aromatic carbocycles. The zero-order valence-corrected chi connectivity index (χ0v) is 10.1. The number of halogens is 2. The lowest BCUT2D eigenvalue weighted by Crippen LogP contribution is -2.19. The van der Waals surface area contributed by atoms with Crippen LogP contribution in [0.15, 0.2) is 18.2 Å². The van der Waals surface area contributed by atoms with Gasteiger partial charge in [-0.3, -0.25) is 4.79 Å². The van der Waals surface area contributed by atoms with E-state index in [1.807, 2.05) is 6.07 Å². The number of nitriles is 1. The molecule has 84 valence electrons. The second kappa shape index (κ2) is 5.74. The predicted molar refractivity (Wildman–Crippen MR) is 64.5 cm³/mol. The van der Waals surface area contributed by atoms with Crippen LogP contribution in [0.1, 0.15) is 13.3 Å². The highest BCUT2D eigenvalue weighted by molar-refractivity contribution is 6.42. The van der Waals surface area contributed by atoms with Gasteiger partial charge < -0.3 is 5.32 Å². The van der Waals surface area contributed by atoms with Crippen LogP contribution in [0.25, 0.3) is 0 Å². The average Bonchev–Trinajstić information content (AvgIpc) is 2.24. The van der Waals surface area contributed by atoms with Gasteiger partial charge >= 0.3 is 0 Å². The molecule has 1 aromatic rings. The lowest BCUT2D eigenvalue weighted by Gasteiger charge is -2.09. The van der Waals surface area contributed by atoms with Crippen LogP contribution >= 0.6 is 23.2 Å². The molecule has 0 heterocycles.